The number of hydrogen-bond acceptors (Lipinski definition) is 2. The first-order valence-corrected chi connectivity index (χ1v) is 9.48. The van der Waals surface area contributed by atoms with Gasteiger partial charge in [0.1, 0.15) is 5.82 Å². The first-order valence-electron chi connectivity index (χ1n) is 9.48. The van der Waals surface area contributed by atoms with Crippen molar-refractivity contribution >= 4 is 11.8 Å². The first kappa shape index (κ1) is 19.1. The molecule has 1 saturated heterocycles. The van der Waals surface area contributed by atoms with Crippen LogP contribution in [0.1, 0.15) is 47.3 Å². The van der Waals surface area contributed by atoms with Crippen molar-refractivity contribution in [3.8, 4) is 0 Å². The van der Waals surface area contributed by atoms with Crippen LogP contribution in [0.15, 0.2) is 36.5 Å². The van der Waals surface area contributed by atoms with Gasteiger partial charge in [-0.3, -0.25) is 9.59 Å². The Labute approximate surface area is 159 Å². The SMILES string of the molecule is Cc1[nH]ccc1C(=O)N1CCC[C@H](CCC(=O)NCc2ccccc2F)C1. The van der Waals surface area contributed by atoms with Gasteiger partial charge in [0.2, 0.25) is 5.91 Å². The Morgan fingerprint density at radius 1 is 1.30 bits per heavy atom. The summed E-state index contributed by atoms with van der Waals surface area (Å²) in [6, 6.07) is 8.26. The van der Waals surface area contributed by atoms with E-state index in [1.807, 2.05) is 17.9 Å². The number of aryl methyl sites for hydroxylation is 1. The van der Waals surface area contributed by atoms with Gasteiger partial charge in [-0.15, -0.1) is 0 Å². The van der Waals surface area contributed by atoms with Crippen LogP contribution in [0, 0.1) is 18.7 Å². The number of amides is 2. The van der Waals surface area contributed by atoms with E-state index in [9.17, 15) is 14.0 Å². The van der Waals surface area contributed by atoms with E-state index in [1.54, 1.807) is 24.4 Å². The number of hydrogen-bond donors (Lipinski definition) is 2. The van der Waals surface area contributed by atoms with Crippen molar-refractivity contribution < 1.29 is 14.0 Å². The van der Waals surface area contributed by atoms with Crippen LogP contribution in [0.2, 0.25) is 0 Å². The number of likely N-dealkylation sites (tertiary alicyclic amines) is 1. The second-order valence-corrected chi connectivity index (χ2v) is 7.18. The number of carbonyl (C=O) groups excluding carboxylic acids is 2. The van der Waals surface area contributed by atoms with Gasteiger partial charge < -0.3 is 15.2 Å². The number of halogens is 1. The van der Waals surface area contributed by atoms with E-state index in [4.69, 9.17) is 0 Å². The highest BCUT2D eigenvalue weighted by molar-refractivity contribution is 5.95. The topological polar surface area (TPSA) is 65.2 Å². The molecule has 1 atom stereocenters. The molecular formula is C21H26FN3O2. The zero-order chi connectivity index (χ0) is 19.2. The maximum Gasteiger partial charge on any atom is 0.255 e. The van der Waals surface area contributed by atoms with Crippen LogP contribution in [0.3, 0.4) is 0 Å². The number of nitrogens with zero attached hydrogens (tertiary/aromatic N) is 1. The minimum absolute atomic E-state index is 0.0578. The van der Waals surface area contributed by atoms with E-state index in [1.165, 1.54) is 6.07 Å². The number of H-pyrrole nitrogens is 1. The van der Waals surface area contributed by atoms with Crippen molar-refractivity contribution in [1.29, 1.82) is 0 Å². The van der Waals surface area contributed by atoms with Gasteiger partial charge in [-0.05, 0) is 44.2 Å². The lowest BCUT2D eigenvalue weighted by molar-refractivity contribution is -0.121. The molecule has 2 aromatic rings. The van der Waals surface area contributed by atoms with Crippen LogP contribution in [0.5, 0.6) is 0 Å². The van der Waals surface area contributed by atoms with Gasteiger partial charge in [-0.1, -0.05) is 18.2 Å². The summed E-state index contributed by atoms with van der Waals surface area (Å²) < 4.78 is 13.6. The van der Waals surface area contributed by atoms with E-state index in [0.717, 1.165) is 37.1 Å². The summed E-state index contributed by atoms with van der Waals surface area (Å²) in [4.78, 5) is 29.7. The zero-order valence-electron chi connectivity index (χ0n) is 15.6. The fraction of sp³-hybridized carbons (Fsp3) is 0.429. The Balaban J connectivity index is 1.45. The predicted molar refractivity (Wildman–Crippen MR) is 102 cm³/mol. The number of aromatic nitrogens is 1. The molecule has 0 unspecified atom stereocenters. The number of aromatic amines is 1. The van der Waals surface area contributed by atoms with Gasteiger partial charge in [0.15, 0.2) is 0 Å². The summed E-state index contributed by atoms with van der Waals surface area (Å²) in [5.41, 5.74) is 2.09. The molecular weight excluding hydrogens is 345 g/mol. The van der Waals surface area contributed by atoms with Crippen molar-refractivity contribution in [3.63, 3.8) is 0 Å². The molecule has 1 aromatic carbocycles. The van der Waals surface area contributed by atoms with Crippen LogP contribution in [-0.4, -0.2) is 34.8 Å². The summed E-state index contributed by atoms with van der Waals surface area (Å²) in [5, 5.41) is 2.78. The fourth-order valence-electron chi connectivity index (χ4n) is 3.60. The zero-order valence-corrected chi connectivity index (χ0v) is 15.6. The van der Waals surface area contributed by atoms with Crippen LogP contribution in [0.25, 0.3) is 0 Å². The summed E-state index contributed by atoms with van der Waals surface area (Å²) in [5.74, 6) is -0.00826. The highest BCUT2D eigenvalue weighted by Crippen LogP contribution is 2.23. The first-order chi connectivity index (χ1) is 13.0. The molecule has 2 heterocycles. The van der Waals surface area contributed by atoms with Gasteiger partial charge in [0.25, 0.3) is 5.91 Å². The molecule has 6 heteroatoms. The lowest BCUT2D eigenvalue weighted by Crippen LogP contribution is -2.40. The molecule has 1 fully saturated rings. The van der Waals surface area contributed by atoms with E-state index in [0.29, 0.717) is 24.4 Å². The third-order valence-corrected chi connectivity index (χ3v) is 5.20. The van der Waals surface area contributed by atoms with Crippen LogP contribution < -0.4 is 5.32 Å². The third-order valence-electron chi connectivity index (χ3n) is 5.20. The van der Waals surface area contributed by atoms with Crippen LogP contribution in [0.4, 0.5) is 4.39 Å². The molecule has 0 saturated carbocycles. The number of nitrogens with one attached hydrogen (secondary N) is 2. The van der Waals surface area contributed by atoms with Crippen molar-refractivity contribution in [3.05, 3.63) is 59.2 Å². The second-order valence-electron chi connectivity index (χ2n) is 7.18. The molecule has 0 spiro atoms. The Bertz CT molecular complexity index is 802. The number of rotatable bonds is 6. The Morgan fingerprint density at radius 3 is 2.85 bits per heavy atom. The lowest BCUT2D eigenvalue weighted by Gasteiger charge is -2.32. The molecule has 1 aromatic heterocycles. The van der Waals surface area contributed by atoms with Crippen molar-refractivity contribution in [1.82, 2.24) is 15.2 Å². The van der Waals surface area contributed by atoms with E-state index in [2.05, 4.69) is 10.3 Å². The van der Waals surface area contributed by atoms with Crippen LogP contribution >= 0.6 is 0 Å². The molecule has 0 bridgehead atoms. The Hall–Kier alpha value is -2.63. The fourth-order valence-corrected chi connectivity index (χ4v) is 3.60. The molecule has 5 nitrogen and oxygen atoms in total. The second kappa shape index (κ2) is 8.84. The monoisotopic (exact) mass is 371 g/mol. The highest BCUT2D eigenvalue weighted by Gasteiger charge is 2.25. The maximum atomic E-state index is 13.6. The molecule has 0 aliphatic carbocycles. The highest BCUT2D eigenvalue weighted by atomic mass is 19.1. The molecule has 3 rings (SSSR count). The minimum atomic E-state index is -0.306. The average Bonchev–Trinajstić information content (AvgIpc) is 3.11. The smallest absolute Gasteiger partial charge is 0.255 e. The average molecular weight is 371 g/mol. The summed E-state index contributed by atoms with van der Waals surface area (Å²) in [7, 11) is 0. The summed E-state index contributed by atoms with van der Waals surface area (Å²) in [6.07, 6.45) is 4.89. The quantitative estimate of drug-likeness (QED) is 0.817. The molecule has 0 radical (unpaired) electrons. The molecule has 1 aliphatic heterocycles. The largest absolute Gasteiger partial charge is 0.365 e. The Morgan fingerprint density at radius 2 is 2.11 bits per heavy atom. The van der Waals surface area contributed by atoms with Crippen molar-refractivity contribution in [2.45, 2.75) is 39.2 Å². The standard InChI is InChI=1S/C21H26FN3O2/c1-15-18(10-11-23-15)21(27)25-12-4-5-16(14-25)8-9-20(26)24-13-17-6-2-3-7-19(17)22/h2-3,6-7,10-11,16,23H,4-5,8-9,12-14H2,1H3,(H,24,26)/t16-/m1/s1. The van der Waals surface area contributed by atoms with E-state index in [-0.39, 0.29) is 24.2 Å². The van der Waals surface area contributed by atoms with Gasteiger partial charge in [-0.25, -0.2) is 4.39 Å². The van der Waals surface area contributed by atoms with Crippen LogP contribution in [-0.2, 0) is 11.3 Å². The van der Waals surface area contributed by atoms with Gasteiger partial charge in [-0.2, -0.15) is 0 Å². The maximum absolute atomic E-state index is 13.6. The molecule has 144 valence electrons. The number of benzene rings is 1. The molecule has 27 heavy (non-hydrogen) atoms. The van der Waals surface area contributed by atoms with Crippen molar-refractivity contribution in [2.75, 3.05) is 13.1 Å². The van der Waals surface area contributed by atoms with E-state index < -0.39 is 0 Å². The van der Waals surface area contributed by atoms with Gasteiger partial charge in [0.05, 0.1) is 5.56 Å². The van der Waals surface area contributed by atoms with Gasteiger partial charge in [0, 0.05) is 43.5 Å². The molecule has 2 amide bonds. The number of carbonyl (C=O) groups is 2. The predicted octanol–water partition coefficient (Wildman–Crippen LogP) is 3.41. The summed E-state index contributed by atoms with van der Waals surface area (Å²) >= 11 is 0. The third kappa shape index (κ3) is 4.96. The van der Waals surface area contributed by atoms with Gasteiger partial charge >= 0.3 is 0 Å². The minimum Gasteiger partial charge on any atom is -0.365 e. The van der Waals surface area contributed by atoms with Crippen molar-refractivity contribution in [2.24, 2.45) is 5.92 Å². The molecule has 1 aliphatic rings. The summed E-state index contributed by atoms with van der Waals surface area (Å²) in [6.45, 7) is 3.55. The number of piperidine rings is 1. The molecule has 2 N–H and O–H groups in total. The lowest BCUT2D eigenvalue weighted by atomic mass is 9.93. The Kier molecular flexibility index (Phi) is 6.27. The van der Waals surface area contributed by atoms with E-state index >= 15 is 0 Å². The normalized spacial score (nSPS) is 17.0.